The van der Waals surface area contributed by atoms with Crippen LogP contribution < -0.4 is 0 Å². The standard InChI is InChI=1S/C10H16O4/c1-9(2)13-6-10(14-9)4-7(5-10)8(11)12-3/h7H,4-6H2,1-3H3. The van der Waals surface area contributed by atoms with Gasteiger partial charge in [0.2, 0.25) is 0 Å². The third kappa shape index (κ3) is 1.53. The molecule has 1 aliphatic carbocycles. The largest absolute Gasteiger partial charge is 0.469 e. The Labute approximate surface area is 83.5 Å². The van der Waals surface area contributed by atoms with E-state index < -0.39 is 5.79 Å². The Balaban J connectivity index is 1.91. The van der Waals surface area contributed by atoms with Gasteiger partial charge in [-0.15, -0.1) is 0 Å². The molecule has 0 N–H and O–H groups in total. The number of carbonyl (C=O) groups excluding carboxylic acids is 1. The molecule has 0 aromatic carbocycles. The summed E-state index contributed by atoms with van der Waals surface area (Å²) < 4.78 is 15.9. The third-order valence-corrected chi connectivity index (χ3v) is 2.92. The first-order valence-electron chi connectivity index (χ1n) is 4.88. The quantitative estimate of drug-likeness (QED) is 0.594. The first-order valence-corrected chi connectivity index (χ1v) is 4.88. The van der Waals surface area contributed by atoms with Crippen LogP contribution in [0.2, 0.25) is 0 Å². The lowest BCUT2D eigenvalue weighted by Crippen LogP contribution is -2.50. The highest BCUT2D eigenvalue weighted by molar-refractivity contribution is 5.73. The van der Waals surface area contributed by atoms with Crippen LogP contribution in [0.1, 0.15) is 26.7 Å². The van der Waals surface area contributed by atoms with Crippen molar-refractivity contribution in [2.24, 2.45) is 5.92 Å². The van der Waals surface area contributed by atoms with Gasteiger partial charge in [-0.05, 0) is 26.7 Å². The Bertz CT molecular complexity index is 253. The molecule has 1 aliphatic heterocycles. The van der Waals surface area contributed by atoms with Crippen LogP contribution in [0.15, 0.2) is 0 Å². The second kappa shape index (κ2) is 2.94. The highest BCUT2D eigenvalue weighted by Crippen LogP contribution is 2.48. The van der Waals surface area contributed by atoms with Gasteiger partial charge in [0.1, 0.15) is 0 Å². The van der Waals surface area contributed by atoms with Crippen molar-refractivity contribution in [1.29, 1.82) is 0 Å². The fourth-order valence-electron chi connectivity index (χ4n) is 2.26. The molecule has 2 rings (SSSR count). The van der Waals surface area contributed by atoms with Crippen molar-refractivity contribution in [1.82, 2.24) is 0 Å². The fourth-order valence-corrected chi connectivity index (χ4v) is 2.26. The molecule has 1 saturated heterocycles. The maximum Gasteiger partial charge on any atom is 0.308 e. The molecule has 4 nitrogen and oxygen atoms in total. The Morgan fingerprint density at radius 3 is 2.50 bits per heavy atom. The number of hydrogen-bond donors (Lipinski definition) is 0. The van der Waals surface area contributed by atoms with Gasteiger partial charge in [0, 0.05) is 0 Å². The summed E-state index contributed by atoms with van der Waals surface area (Å²) in [6.45, 7) is 4.38. The van der Waals surface area contributed by atoms with Crippen LogP contribution in [0.5, 0.6) is 0 Å². The zero-order valence-corrected chi connectivity index (χ0v) is 8.83. The summed E-state index contributed by atoms with van der Waals surface area (Å²) in [6, 6.07) is 0. The van der Waals surface area contributed by atoms with Crippen molar-refractivity contribution in [2.45, 2.75) is 38.1 Å². The lowest BCUT2D eigenvalue weighted by molar-refractivity contribution is -0.196. The number of esters is 1. The Kier molecular flexibility index (Phi) is 2.08. The molecule has 1 heterocycles. The average Bonchev–Trinajstić information content (AvgIpc) is 2.38. The van der Waals surface area contributed by atoms with E-state index in [0.717, 1.165) is 12.8 Å². The zero-order valence-electron chi connectivity index (χ0n) is 8.83. The van der Waals surface area contributed by atoms with Crippen LogP contribution in [-0.4, -0.2) is 31.1 Å². The smallest absolute Gasteiger partial charge is 0.308 e. The number of ether oxygens (including phenoxy) is 3. The molecule has 80 valence electrons. The first kappa shape index (κ1) is 9.93. The summed E-state index contributed by atoms with van der Waals surface area (Å²) in [5.74, 6) is -0.636. The lowest BCUT2D eigenvalue weighted by atomic mass is 9.71. The van der Waals surface area contributed by atoms with Gasteiger partial charge in [-0.1, -0.05) is 0 Å². The molecule has 2 aliphatic rings. The van der Waals surface area contributed by atoms with Gasteiger partial charge in [-0.2, -0.15) is 0 Å². The summed E-state index contributed by atoms with van der Waals surface area (Å²) in [6.07, 6.45) is 1.45. The molecule has 0 bridgehead atoms. The van der Waals surface area contributed by atoms with E-state index in [1.807, 2.05) is 13.8 Å². The summed E-state index contributed by atoms with van der Waals surface area (Å²) >= 11 is 0. The van der Waals surface area contributed by atoms with E-state index in [4.69, 9.17) is 9.47 Å². The molecule has 0 radical (unpaired) electrons. The summed E-state index contributed by atoms with van der Waals surface area (Å²) in [4.78, 5) is 11.2. The van der Waals surface area contributed by atoms with E-state index in [-0.39, 0.29) is 17.5 Å². The van der Waals surface area contributed by atoms with E-state index in [1.165, 1.54) is 7.11 Å². The topological polar surface area (TPSA) is 44.8 Å². The molecule has 2 fully saturated rings. The van der Waals surface area contributed by atoms with Crippen molar-refractivity contribution in [3.05, 3.63) is 0 Å². The van der Waals surface area contributed by atoms with Crippen molar-refractivity contribution in [3.8, 4) is 0 Å². The van der Waals surface area contributed by atoms with Gasteiger partial charge in [-0.25, -0.2) is 0 Å². The lowest BCUT2D eigenvalue weighted by Gasteiger charge is -2.42. The Morgan fingerprint density at radius 1 is 1.43 bits per heavy atom. The van der Waals surface area contributed by atoms with E-state index >= 15 is 0 Å². The normalized spacial score (nSPS) is 39.5. The molecule has 0 aromatic heterocycles. The van der Waals surface area contributed by atoms with Crippen molar-refractivity contribution >= 4 is 5.97 Å². The van der Waals surface area contributed by atoms with Crippen LogP contribution >= 0.6 is 0 Å². The predicted molar refractivity (Wildman–Crippen MR) is 48.6 cm³/mol. The van der Waals surface area contributed by atoms with Crippen LogP contribution in [0.25, 0.3) is 0 Å². The molecule has 14 heavy (non-hydrogen) atoms. The maximum atomic E-state index is 11.2. The Morgan fingerprint density at radius 2 is 2.07 bits per heavy atom. The fraction of sp³-hybridized carbons (Fsp3) is 0.900. The number of hydrogen-bond acceptors (Lipinski definition) is 4. The highest BCUT2D eigenvalue weighted by Gasteiger charge is 2.56. The van der Waals surface area contributed by atoms with E-state index in [9.17, 15) is 4.79 Å². The summed E-state index contributed by atoms with van der Waals surface area (Å²) in [5.41, 5.74) is -0.220. The second-order valence-corrected chi connectivity index (χ2v) is 4.60. The van der Waals surface area contributed by atoms with Gasteiger partial charge in [0.25, 0.3) is 0 Å². The first-order chi connectivity index (χ1) is 6.46. The second-order valence-electron chi connectivity index (χ2n) is 4.60. The monoisotopic (exact) mass is 200 g/mol. The maximum absolute atomic E-state index is 11.2. The van der Waals surface area contributed by atoms with Gasteiger partial charge < -0.3 is 14.2 Å². The average molecular weight is 200 g/mol. The summed E-state index contributed by atoms with van der Waals surface area (Å²) in [5, 5.41) is 0. The molecule has 4 heteroatoms. The van der Waals surface area contributed by atoms with Crippen LogP contribution in [0, 0.1) is 5.92 Å². The molecule has 1 saturated carbocycles. The molecule has 1 spiro atoms. The third-order valence-electron chi connectivity index (χ3n) is 2.92. The molecule has 0 unspecified atom stereocenters. The SMILES string of the molecule is COC(=O)C1CC2(COC(C)(C)O2)C1. The van der Waals surface area contributed by atoms with Gasteiger partial charge in [-0.3, -0.25) is 4.79 Å². The number of methoxy groups -OCH3 is 1. The minimum atomic E-state index is -0.499. The minimum Gasteiger partial charge on any atom is -0.469 e. The van der Waals surface area contributed by atoms with Gasteiger partial charge in [0.15, 0.2) is 5.79 Å². The van der Waals surface area contributed by atoms with E-state index in [1.54, 1.807) is 0 Å². The zero-order chi connectivity index (χ0) is 10.4. The van der Waals surface area contributed by atoms with Crippen LogP contribution in [0.4, 0.5) is 0 Å². The van der Waals surface area contributed by atoms with E-state index in [0.29, 0.717) is 6.61 Å². The number of rotatable bonds is 1. The predicted octanol–water partition coefficient (Wildman–Crippen LogP) is 1.09. The molecule has 0 aromatic rings. The molecular formula is C10H16O4. The van der Waals surface area contributed by atoms with Crippen LogP contribution in [-0.2, 0) is 19.0 Å². The van der Waals surface area contributed by atoms with E-state index in [2.05, 4.69) is 4.74 Å². The molecule has 0 amide bonds. The van der Waals surface area contributed by atoms with Crippen LogP contribution in [0.3, 0.4) is 0 Å². The van der Waals surface area contributed by atoms with Crippen molar-refractivity contribution < 1.29 is 19.0 Å². The number of carbonyl (C=O) groups is 1. The Hall–Kier alpha value is -0.610. The van der Waals surface area contributed by atoms with Crippen molar-refractivity contribution in [3.63, 3.8) is 0 Å². The molecular weight excluding hydrogens is 184 g/mol. The summed E-state index contributed by atoms with van der Waals surface area (Å²) in [7, 11) is 1.42. The van der Waals surface area contributed by atoms with Crippen molar-refractivity contribution in [2.75, 3.05) is 13.7 Å². The van der Waals surface area contributed by atoms with Gasteiger partial charge >= 0.3 is 5.97 Å². The van der Waals surface area contributed by atoms with Gasteiger partial charge in [0.05, 0.1) is 25.2 Å². The minimum absolute atomic E-state index is 0.00231. The molecule has 0 atom stereocenters. The highest BCUT2D eigenvalue weighted by atomic mass is 16.8.